The van der Waals surface area contributed by atoms with Crippen LogP contribution in [-0.4, -0.2) is 52.6 Å². The van der Waals surface area contributed by atoms with Gasteiger partial charge >= 0.3 is 0 Å². The van der Waals surface area contributed by atoms with E-state index in [2.05, 4.69) is 15.2 Å². The van der Waals surface area contributed by atoms with Crippen LogP contribution in [0.25, 0.3) is 10.9 Å². The maximum atomic E-state index is 12.9. The summed E-state index contributed by atoms with van der Waals surface area (Å²) in [5, 5.41) is 13.3. The van der Waals surface area contributed by atoms with Gasteiger partial charge in [0.25, 0.3) is 5.91 Å². The van der Waals surface area contributed by atoms with Crippen LogP contribution in [0.2, 0.25) is 0 Å². The zero-order valence-electron chi connectivity index (χ0n) is 20.4. The summed E-state index contributed by atoms with van der Waals surface area (Å²) in [5.74, 6) is 0.192. The third kappa shape index (κ3) is 5.66. The van der Waals surface area contributed by atoms with Crippen molar-refractivity contribution in [3.63, 3.8) is 0 Å². The second-order valence-corrected chi connectivity index (χ2v) is 9.91. The second kappa shape index (κ2) is 10.6. The Labute approximate surface area is 210 Å². The minimum atomic E-state index is -0.493. The number of aryl methyl sites for hydroxylation is 1. The quantitative estimate of drug-likeness (QED) is 0.331. The van der Waals surface area contributed by atoms with Gasteiger partial charge in [0, 0.05) is 47.9 Å². The maximum absolute atomic E-state index is 12.9. The van der Waals surface area contributed by atoms with E-state index in [9.17, 15) is 14.8 Å². The smallest absolute Gasteiger partial charge is 0.251 e. The van der Waals surface area contributed by atoms with E-state index in [0.29, 0.717) is 30.9 Å². The number of rotatable bonds is 8. The molecule has 1 saturated carbocycles. The van der Waals surface area contributed by atoms with Crippen LogP contribution in [0.15, 0.2) is 54.6 Å². The lowest BCUT2D eigenvalue weighted by Gasteiger charge is -2.37. The van der Waals surface area contributed by atoms with Gasteiger partial charge in [-0.15, -0.1) is 0 Å². The molecule has 0 spiro atoms. The first-order valence-corrected chi connectivity index (χ1v) is 12.6. The SMILES string of the molecule is Cc1cc(COc2ccc(C(=O)NC3CCN(CC4CC4)CC3C(=O)NO)cc2)c2ccccc2n1. The number of nitrogens with zero attached hydrogens (tertiary/aromatic N) is 2. The zero-order chi connectivity index (χ0) is 25.1. The van der Waals surface area contributed by atoms with Gasteiger partial charge in [-0.2, -0.15) is 0 Å². The standard InChI is InChI=1S/C28H32N4O4/c1-18-14-21(23-4-2-3-5-25(23)29-18)17-36-22-10-8-20(9-11-22)27(33)30-26-12-13-32(15-19-6-7-19)16-24(26)28(34)31-35/h2-5,8-11,14,19,24,26,35H,6-7,12-13,15-17H2,1H3,(H,30,33)(H,31,34). The first kappa shape index (κ1) is 24.2. The molecule has 1 aliphatic heterocycles. The number of fused-ring (bicyclic) bond motifs is 1. The van der Waals surface area contributed by atoms with E-state index in [1.165, 1.54) is 12.8 Å². The number of piperidine rings is 1. The fraction of sp³-hybridized carbons (Fsp3) is 0.393. The van der Waals surface area contributed by atoms with E-state index in [4.69, 9.17) is 4.74 Å². The number of hydrogen-bond donors (Lipinski definition) is 3. The summed E-state index contributed by atoms with van der Waals surface area (Å²) in [6, 6.07) is 16.7. The Kier molecular flexibility index (Phi) is 7.16. The zero-order valence-corrected chi connectivity index (χ0v) is 20.4. The van der Waals surface area contributed by atoms with E-state index < -0.39 is 11.8 Å². The summed E-state index contributed by atoms with van der Waals surface area (Å²) >= 11 is 0. The van der Waals surface area contributed by atoms with Crippen molar-refractivity contribution in [2.24, 2.45) is 11.8 Å². The molecular weight excluding hydrogens is 456 g/mol. The molecule has 2 unspecified atom stereocenters. The summed E-state index contributed by atoms with van der Waals surface area (Å²) in [6.45, 7) is 4.70. The highest BCUT2D eigenvalue weighted by Gasteiger charge is 2.37. The number of pyridine rings is 1. The maximum Gasteiger partial charge on any atom is 0.251 e. The average molecular weight is 489 g/mol. The molecule has 1 aromatic heterocycles. The molecule has 0 bridgehead atoms. The van der Waals surface area contributed by atoms with Crippen LogP contribution >= 0.6 is 0 Å². The fourth-order valence-electron chi connectivity index (χ4n) is 5.00. The Balaban J connectivity index is 1.20. The summed E-state index contributed by atoms with van der Waals surface area (Å²) in [7, 11) is 0. The van der Waals surface area contributed by atoms with Crippen molar-refractivity contribution in [3.05, 3.63) is 71.4 Å². The topological polar surface area (TPSA) is 104 Å². The molecule has 8 heteroatoms. The Bertz CT molecular complexity index is 1240. The molecule has 2 aromatic carbocycles. The lowest BCUT2D eigenvalue weighted by Crippen LogP contribution is -2.55. The van der Waals surface area contributed by atoms with Crippen LogP contribution in [0.5, 0.6) is 5.75 Å². The van der Waals surface area contributed by atoms with E-state index in [1.54, 1.807) is 29.7 Å². The molecule has 188 valence electrons. The average Bonchev–Trinajstić information content (AvgIpc) is 3.72. The van der Waals surface area contributed by atoms with E-state index in [-0.39, 0.29) is 11.9 Å². The Morgan fingerprint density at radius 2 is 1.89 bits per heavy atom. The van der Waals surface area contributed by atoms with Crippen molar-refractivity contribution in [3.8, 4) is 5.75 Å². The number of hydroxylamine groups is 1. The third-order valence-electron chi connectivity index (χ3n) is 7.11. The summed E-state index contributed by atoms with van der Waals surface area (Å²) in [5.41, 5.74) is 5.21. The molecule has 2 amide bonds. The van der Waals surface area contributed by atoms with Crippen LogP contribution in [0.1, 0.15) is 40.9 Å². The van der Waals surface area contributed by atoms with Crippen molar-refractivity contribution in [2.45, 2.75) is 38.8 Å². The second-order valence-electron chi connectivity index (χ2n) is 9.91. The normalized spacial score (nSPS) is 20.2. The Morgan fingerprint density at radius 1 is 1.11 bits per heavy atom. The lowest BCUT2D eigenvalue weighted by molar-refractivity contribution is -0.136. The van der Waals surface area contributed by atoms with Crippen LogP contribution in [-0.2, 0) is 11.4 Å². The van der Waals surface area contributed by atoms with Crippen LogP contribution in [0.4, 0.5) is 0 Å². The van der Waals surface area contributed by atoms with Gasteiger partial charge in [-0.05, 0) is 68.5 Å². The van der Waals surface area contributed by atoms with Gasteiger partial charge in [0.15, 0.2) is 0 Å². The van der Waals surface area contributed by atoms with Gasteiger partial charge < -0.3 is 15.0 Å². The molecule has 3 N–H and O–H groups in total. The molecular formula is C28H32N4O4. The summed E-state index contributed by atoms with van der Waals surface area (Å²) in [4.78, 5) is 32.1. The molecule has 0 radical (unpaired) electrons. The van der Waals surface area contributed by atoms with Gasteiger partial charge in [-0.3, -0.25) is 19.8 Å². The monoisotopic (exact) mass is 488 g/mol. The summed E-state index contributed by atoms with van der Waals surface area (Å²) in [6.07, 6.45) is 3.15. The minimum absolute atomic E-state index is 0.242. The van der Waals surface area contributed by atoms with Gasteiger partial charge in [0.2, 0.25) is 5.91 Å². The van der Waals surface area contributed by atoms with Crippen molar-refractivity contribution in [2.75, 3.05) is 19.6 Å². The number of benzene rings is 2. The van der Waals surface area contributed by atoms with Crippen LogP contribution < -0.4 is 15.5 Å². The highest BCUT2D eigenvalue weighted by atomic mass is 16.5. The number of carbonyl (C=O) groups excluding carboxylic acids is 2. The van der Waals surface area contributed by atoms with Crippen molar-refractivity contribution < 1.29 is 19.5 Å². The summed E-state index contributed by atoms with van der Waals surface area (Å²) < 4.78 is 6.01. The first-order valence-electron chi connectivity index (χ1n) is 12.6. The van der Waals surface area contributed by atoms with Gasteiger partial charge in [0.1, 0.15) is 12.4 Å². The molecule has 2 aliphatic rings. The molecule has 1 saturated heterocycles. The number of hydrogen-bond acceptors (Lipinski definition) is 6. The Hall–Kier alpha value is -3.49. The number of amides is 2. The number of nitrogens with one attached hydrogen (secondary N) is 2. The van der Waals surface area contributed by atoms with E-state index in [1.807, 2.05) is 37.3 Å². The number of para-hydroxylation sites is 1. The number of likely N-dealkylation sites (tertiary alicyclic amines) is 1. The van der Waals surface area contributed by atoms with Crippen LogP contribution in [0, 0.1) is 18.8 Å². The van der Waals surface area contributed by atoms with Gasteiger partial charge in [-0.1, -0.05) is 18.2 Å². The molecule has 8 nitrogen and oxygen atoms in total. The van der Waals surface area contributed by atoms with Crippen molar-refractivity contribution in [1.82, 2.24) is 20.7 Å². The van der Waals surface area contributed by atoms with E-state index >= 15 is 0 Å². The number of carbonyl (C=O) groups is 2. The molecule has 36 heavy (non-hydrogen) atoms. The molecule has 2 heterocycles. The minimum Gasteiger partial charge on any atom is -0.489 e. The van der Waals surface area contributed by atoms with Gasteiger partial charge in [-0.25, -0.2) is 5.48 Å². The van der Waals surface area contributed by atoms with Crippen LogP contribution in [0.3, 0.4) is 0 Å². The molecule has 2 atom stereocenters. The number of ether oxygens (including phenoxy) is 1. The predicted octanol–water partition coefficient (Wildman–Crippen LogP) is 3.46. The van der Waals surface area contributed by atoms with Gasteiger partial charge in [0.05, 0.1) is 11.4 Å². The van der Waals surface area contributed by atoms with Crippen molar-refractivity contribution in [1.29, 1.82) is 0 Å². The predicted molar refractivity (Wildman–Crippen MR) is 136 cm³/mol. The highest BCUT2D eigenvalue weighted by Crippen LogP contribution is 2.31. The third-order valence-corrected chi connectivity index (χ3v) is 7.11. The number of aromatic nitrogens is 1. The highest BCUT2D eigenvalue weighted by molar-refractivity contribution is 5.95. The van der Waals surface area contributed by atoms with E-state index in [0.717, 1.165) is 41.2 Å². The Morgan fingerprint density at radius 3 is 2.64 bits per heavy atom. The van der Waals surface area contributed by atoms with Crippen molar-refractivity contribution >= 4 is 22.7 Å². The molecule has 3 aromatic rings. The lowest BCUT2D eigenvalue weighted by atomic mass is 9.90. The molecule has 2 fully saturated rings. The largest absolute Gasteiger partial charge is 0.489 e. The first-order chi connectivity index (χ1) is 17.5. The molecule has 1 aliphatic carbocycles. The molecule has 5 rings (SSSR count). The fourth-order valence-corrected chi connectivity index (χ4v) is 5.00.